The highest BCUT2D eigenvalue weighted by Gasteiger charge is 2.16. The summed E-state index contributed by atoms with van der Waals surface area (Å²) in [5, 5.41) is 16.9. The highest BCUT2D eigenvalue weighted by molar-refractivity contribution is 5.67. The van der Waals surface area contributed by atoms with Crippen LogP contribution >= 0.6 is 0 Å². The number of carboxylic acid groups (broad SMARTS) is 2. The van der Waals surface area contributed by atoms with E-state index in [0.29, 0.717) is 5.69 Å². The van der Waals surface area contributed by atoms with Crippen LogP contribution in [-0.2, 0) is 0 Å². The molecule has 0 fully saturated rings. The van der Waals surface area contributed by atoms with Crippen LogP contribution in [-0.4, -0.2) is 27.5 Å². The molecule has 1 aromatic heterocycles. The quantitative estimate of drug-likeness (QED) is 0.742. The average Bonchev–Trinajstić information content (AvgIpc) is 2.09. The lowest BCUT2D eigenvalue weighted by Gasteiger charge is -2.09. The van der Waals surface area contributed by atoms with Crippen molar-refractivity contribution in [3.63, 3.8) is 0 Å². The van der Waals surface area contributed by atoms with E-state index in [4.69, 9.17) is 10.2 Å². The molecule has 0 aliphatic carbocycles. The maximum Gasteiger partial charge on any atom is 0.511 e. The Hall–Kier alpha value is -2.31. The maximum absolute atomic E-state index is 10.4. The molecule has 0 atom stereocenters. The molecular formula is C9H9NO6. The zero-order valence-electron chi connectivity index (χ0n) is 8.55. The molecule has 0 saturated heterocycles. The van der Waals surface area contributed by atoms with Crippen molar-refractivity contribution in [2.45, 2.75) is 13.8 Å². The summed E-state index contributed by atoms with van der Waals surface area (Å²) < 4.78 is 8.79. The number of aromatic nitrogens is 1. The van der Waals surface area contributed by atoms with Gasteiger partial charge in [-0.3, -0.25) is 4.98 Å². The minimum Gasteiger partial charge on any atom is -0.449 e. The van der Waals surface area contributed by atoms with Crippen LogP contribution < -0.4 is 9.47 Å². The normalized spacial score (nSPS) is 9.62. The zero-order chi connectivity index (χ0) is 12.3. The van der Waals surface area contributed by atoms with Crippen molar-refractivity contribution in [2.24, 2.45) is 0 Å². The summed E-state index contributed by atoms with van der Waals surface area (Å²) in [7, 11) is 0. The van der Waals surface area contributed by atoms with E-state index in [2.05, 4.69) is 14.5 Å². The number of hydrogen-bond acceptors (Lipinski definition) is 5. The molecule has 2 N–H and O–H groups in total. The van der Waals surface area contributed by atoms with Crippen molar-refractivity contribution in [2.75, 3.05) is 0 Å². The summed E-state index contributed by atoms with van der Waals surface area (Å²) >= 11 is 0. The highest BCUT2D eigenvalue weighted by Crippen LogP contribution is 2.30. The van der Waals surface area contributed by atoms with E-state index in [0.717, 1.165) is 0 Å². The molecule has 0 amide bonds. The van der Waals surface area contributed by atoms with Gasteiger partial charge in [0.05, 0.1) is 5.69 Å². The van der Waals surface area contributed by atoms with Crippen molar-refractivity contribution >= 4 is 12.3 Å². The predicted molar refractivity (Wildman–Crippen MR) is 51.0 cm³/mol. The molecule has 0 saturated carbocycles. The molecule has 0 spiro atoms. The Morgan fingerprint density at radius 3 is 2.25 bits per heavy atom. The van der Waals surface area contributed by atoms with E-state index in [1.807, 2.05) is 0 Å². The van der Waals surface area contributed by atoms with E-state index in [1.54, 1.807) is 6.92 Å². The van der Waals surface area contributed by atoms with Crippen molar-refractivity contribution in [3.8, 4) is 11.5 Å². The van der Waals surface area contributed by atoms with Crippen molar-refractivity contribution < 1.29 is 29.3 Å². The molecule has 0 aromatic carbocycles. The van der Waals surface area contributed by atoms with Crippen molar-refractivity contribution in [1.29, 1.82) is 0 Å². The first kappa shape index (κ1) is 11.8. The van der Waals surface area contributed by atoms with Crippen molar-refractivity contribution in [1.82, 2.24) is 4.98 Å². The van der Waals surface area contributed by atoms with Gasteiger partial charge in [-0.2, -0.15) is 0 Å². The third-order valence-electron chi connectivity index (χ3n) is 1.62. The molecule has 0 radical (unpaired) electrons. The number of pyridine rings is 1. The lowest BCUT2D eigenvalue weighted by molar-refractivity contribution is 0.132. The maximum atomic E-state index is 10.4. The molecule has 1 heterocycles. The van der Waals surface area contributed by atoms with E-state index in [9.17, 15) is 9.59 Å². The van der Waals surface area contributed by atoms with Crippen LogP contribution in [0.5, 0.6) is 11.5 Å². The predicted octanol–water partition coefficient (Wildman–Crippen LogP) is 1.81. The lowest BCUT2D eigenvalue weighted by atomic mass is 10.3. The summed E-state index contributed by atoms with van der Waals surface area (Å²) in [5.41, 5.74) is 0.727. The molecule has 1 rings (SSSR count). The van der Waals surface area contributed by atoms with Gasteiger partial charge in [-0.1, -0.05) is 0 Å². The second-order valence-electron chi connectivity index (χ2n) is 2.91. The summed E-state index contributed by atoms with van der Waals surface area (Å²) in [4.78, 5) is 24.7. The van der Waals surface area contributed by atoms with Crippen LogP contribution in [0.15, 0.2) is 6.07 Å². The van der Waals surface area contributed by atoms with Crippen molar-refractivity contribution in [3.05, 3.63) is 17.5 Å². The Morgan fingerprint density at radius 2 is 1.75 bits per heavy atom. The van der Waals surface area contributed by atoms with Gasteiger partial charge in [0.2, 0.25) is 0 Å². The SMILES string of the molecule is Cc1cc(OC(=O)O)c(OC(=O)O)c(C)n1. The van der Waals surface area contributed by atoms with Gasteiger partial charge < -0.3 is 19.7 Å². The largest absolute Gasteiger partial charge is 0.511 e. The first-order valence-corrected chi connectivity index (χ1v) is 4.20. The van der Waals surface area contributed by atoms with Crippen LogP contribution in [0.1, 0.15) is 11.4 Å². The zero-order valence-corrected chi connectivity index (χ0v) is 8.55. The Morgan fingerprint density at radius 1 is 1.19 bits per heavy atom. The average molecular weight is 227 g/mol. The lowest BCUT2D eigenvalue weighted by Crippen LogP contribution is -2.10. The van der Waals surface area contributed by atoms with Gasteiger partial charge in [0.15, 0.2) is 11.5 Å². The summed E-state index contributed by atoms with van der Waals surface area (Å²) in [6.45, 7) is 3.10. The van der Waals surface area contributed by atoms with Gasteiger partial charge in [0.25, 0.3) is 0 Å². The van der Waals surface area contributed by atoms with Gasteiger partial charge in [0.1, 0.15) is 0 Å². The number of nitrogens with zero attached hydrogens (tertiary/aromatic N) is 1. The number of hydrogen-bond donors (Lipinski definition) is 2. The van der Waals surface area contributed by atoms with Crippen LogP contribution in [0.3, 0.4) is 0 Å². The van der Waals surface area contributed by atoms with Gasteiger partial charge in [0, 0.05) is 11.8 Å². The molecule has 0 bridgehead atoms. The summed E-state index contributed by atoms with van der Waals surface area (Å²) in [5.74, 6) is -0.416. The molecule has 0 unspecified atom stereocenters. The monoisotopic (exact) mass is 227 g/mol. The molecule has 7 heteroatoms. The number of carbonyl (C=O) groups is 2. The molecule has 0 aliphatic rings. The van der Waals surface area contributed by atoms with Crippen LogP contribution in [0, 0.1) is 13.8 Å². The minimum atomic E-state index is -1.57. The third-order valence-corrected chi connectivity index (χ3v) is 1.62. The molecule has 0 aliphatic heterocycles. The Bertz CT molecular complexity index is 442. The van der Waals surface area contributed by atoms with E-state index < -0.39 is 12.3 Å². The van der Waals surface area contributed by atoms with Crippen LogP contribution in [0.25, 0.3) is 0 Å². The van der Waals surface area contributed by atoms with Gasteiger partial charge in [-0.05, 0) is 13.8 Å². The fourth-order valence-corrected chi connectivity index (χ4v) is 1.16. The van der Waals surface area contributed by atoms with E-state index in [-0.39, 0.29) is 17.2 Å². The molecule has 7 nitrogen and oxygen atoms in total. The summed E-state index contributed by atoms with van der Waals surface area (Å²) in [6, 6.07) is 1.28. The smallest absolute Gasteiger partial charge is 0.449 e. The van der Waals surface area contributed by atoms with Gasteiger partial charge >= 0.3 is 12.3 Å². The van der Waals surface area contributed by atoms with Crippen LogP contribution in [0.2, 0.25) is 0 Å². The molecule has 1 aromatic rings. The van der Waals surface area contributed by atoms with E-state index >= 15 is 0 Å². The molecule has 86 valence electrons. The standard InChI is InChI=1S/C9H9NO6/c1-4-3-6(15-8(11)12)7(5(2)10-4)16-9(13)14/h3H,1-2H3,(H,11,12)(H,13,14). The fourth-order valence-electron chi connectivity index (χ4n) is 1.16. The Kier molecular flexibility index (Phi) is 3.29. The molecule has 16 heavy (non-hydrogen) atoms. The number of ether oxygens (including phenoxy) is 2. The second-order valence-corrected chi connectivity index (χ2v) is 2.91. The number of aryl methyl sites for hydroxylation is 2. The third kappa shape index (κ3) is 2.84. The second kappa shape index (κ2) is 4.47. The van der Waals surface area contributed by atoms with Gasteiger partial charge in [-0.15, -0.1) is 0 Å². The molecular weight excluding hydrogens is 218 g/mol. The van der Waals surface area contributed by atoms with E-state index in [1.165, 1.54) is 13.0 Å². The highest BCUT2D eigenvalue weighted by atomic mass is 16.7. The number of rotatable bonds is 2. The van der Waals surface area contributed by atoms with Crippen LogP contribution in [0.4, 0.5) is 9.59 Å². The first-order valence-electron chi connectivity index (χ1n) is 4.20. The first-order chi connectivity index (χ1) is 7.40. The van der Waals surface area contributed by atoms with Gasteiger partial charge in [-0.25, -0.2) is 9.59 Å². The summed E-state index contributed by atoms with van der Waals surface area (Å²) in [6.07, 6.45) is -3.12. The minimum absolute atomic E-state index is 0.195. The fraction of sp³-hybridized carbons (Fsp3) is 0.222. The Labute approximate surface area is 90.2 Å². The topological polar surface area (TPSA) is 106 Å². The Balaban J connectivity index is 3.20.